The van der Waals surface area contributed by atoms with Crippen LogP contribution in [-0.4, -0.2) is 49.4 Å². The summed E-state index contributed by atoms with van der Waals surface area (Å²) in [6, 6.07) is 7.03. The number of hydrogen-bond acceptors (Lipinski definition) is 3. The summed E-state index contributed by atoms with van der Waals surface area (Å²) in [7, 11) is -2.93. The maximum Gasteiger partial charge on any atom is 0.147 e. The maximum absolute atomic E-state index is 11.8. The van der Waals surface area contributed by atoms with E-state index in [2.05, 4.69) is 41.2 Å². The Hall–Kier alpha value is -1.33. The van der Waals surface area contributed by atoms with Gasteiger partial charge in [-0.3, -0.25) is 4.90 Å². The fourth-order valence-corrected chi connectivity index (χ4v) is 6.09. The average Bonchev–Trinajstić information content (AvgIpc) is 2.92. The molecule has 4 nitrogen and oxygen atoms in total. The molecule has 2 heterocycles. The highest BCUT2D eigenvalue weighted by Crippen LogP contribution is 2.44. The van der Waals surface area contributed by atoms with E-state index in [9.17, 15) is 8.42 Å². The van der Waals surface area contributed by atoms with Crippen molar-refractivity contribution < 1.29 is 8.42 Å². The maximum atomic E-state index is 11.8. The molecule has 3 atom stereocenters. The van der Waals surface area contributed by atoms with Crippen molar-refractivity contribution in [3.8, 4) is 0 Å². The number of H-pyrrole nitrogens is 1. The highest BCUT2D eigenvalue weighted by molar-refractivity contribution is 7.90. The van der Waals surface area contributed by atoms with Gasteiger partial charge in [-0.05, 0) is 48.9 Å². The van der Waals surface area contributed by atoms with Crippen LogP contribution in [0, 0.1) is 5.92 Å². The number of piperidine rings is 1. The summed E-state index contributed by atoms with van der Waals surface area (Å²) in [6.07, 6.45) is 6.71. The quantitative estimate of drug-likeness (QED) is 0.926. The first-order chi connectivity index (χ1) is 11.5. The third-order valence-electron chi connectivity index (χ3n) is 5.71. The fourth-order valence-electron chi connectivity index (χ4n) is 4.99. The molecule has 1 aromatic heterocycles. The summed E-state index contributed by atoms with van der Waals surface area (Å²) in [6.45, 7) is 4.18. The number of rotatable bonds is 4. The van der Waals surface area contributed by atoms with Crippen molar-refractivity contribution in [3.05, 3.63) is 35.5 Å². The van der Waals surface area contributed by atoms with E-state index in [1.807, 2.05) is 0 Å². The summed E-state index contributed by atoms with van der Waals surface area (Å²) in [5.41, 5.74) is 4.05. The summed E-state index contributed by atoms with van der Waals surface area (Å²) >= 11 is 0. The molecule has 1 aliphatic heterocycles. The van der Waals surface area contributed by atoms with E-state index in [-0.39, 0.29) is 5.92 Å². The molecule has 130 valence electrons. The second-order valence-corrected chi connectivity index (χ2v) is 9.84. The molecule has 24 heavy (non-hydrogen) atoms. The number of nitrogens with one attached hydrogen (secondary N) is 1. The first-order valence-electron chi connectivity index (χ1n) is 8.97. The topological polar surface area (TPSA) is 53.2 Å². The van der Waals surface area contributed by atoms with Crippen LogP contribution in [0.25, 0.3) is 10.9 Å². The predicted molar refractivity (Wildman–Crippen MR) is 98.2 cm³/mol. The van der Waals surface area contributed by atoms with E-state index in [4.69, 9.17) is 0 Å². The van der Waals surface area contributed by atoms with Crippen LogP contribution in [0.2, 0.25) is 0 Å². The van der Waals surface area contributed by atoms with Gasteiger partial charge < -0.3 is 4.98 Å². The molecule has 2 aliphatic rings. The van der Waals surface area contributed by atoms with E-state index in [1.165, 1.54) is 28.3 Å². The van der Waals surface area contributed by atoms with Crippen LogP contribution in [-0.2, 0) is 16.3 Å². The van der Waals surface area contributed by atoms with E-state index in [1.54, 1.807) is 0 Å². The van der Waals surface area contributed by atoms with Crippen molar-refractivity contribution in [3.63, 3.8) is 0 Å². The smallest absolute Gasteiger partial charge is 0.147 e. The lowest BCUT2D eigenvalue weighted by atomic mass is 9.72. The Labute approximate surface area is 144 Å². The molecule has 1 saturated heterocycles. The van der Waals surface area contributed by atoms with E-state index in [0.29, 0.717) is 17.7 Å². The van der Waals surface area contributed by atoms with Crippen molar-refractivity contribution in [1.82, 2.24) is 9.88 Å². The number of likely N-dealkylation sites (tertiary alicyclic amines) is 1. The molecule has 3 unspecified atom stereocenters. The third-order valence-corrected chi connectivity index (χ3v) is 6.79. The van der Waals surface area contributed by atoms with Crippen molar-refractivity contribution in [2.45, 2.75) is 38.1 Å². The Bertz CT molecular complexity index is 855. The van der Waals surface area contributed by atoms with Gasteiger partial charge in [0.1, 0.15) is 9.84 Å². The Morgan fingerprint density at radius 1 is 1.33 bits per heavy atom. The molecule has 5 heteroatoms. The highest BCUT2D eigenvalue weighted by Gasteiger charge is 2.41. The SMILES string of the molecule is CCCN1CC(CS(C)(=O)=O)CC2c3cccc4[nH]cc(c34)CC21. The first kappa shape index (κ1) is 16.2. The van der Waals surface area contributed by atoms with E-state index < -0.39 is 9.84 Å². The Balaban J connectivity index is 1.74. The molecule has 1 aliphatic carbocycles. The van der Waals surface area contributed by atoms with Crippen LogP contribution in [0.4, 0.5) is 0 Å². The summed E-state index contributed by atoms with van der Waals surface area (Å²) < 4.78 is 23.7. The van der Waals surface area contributed by atoms with Gasteiger partial charge in [0.05, 0.1) is 5.75 Å². The minimum absolute atomic E-state index is 0.239. The highest BCUT2D eigenvalue weighted by atomic mass is 32.2. The lowest BCUT2D eigenvalue weighted by Crippen LogP contribution is -2.51. The second kappa shape index (κ2) is 5.88. The van der Waals surface area contributed by atoms with Crippen LogP contribution >= 0.6 is 0 Å². The minimum atomic E-state index is -2.93. The number of aromatic amines is 1. The van der Waals surface area contributed by atoms with Crippen LogP contribution in [0.15, 0.2) is 24.4 Å². The molecule has 0 amide bonds. The largest absolute Gasteiger partial charge is 0.361 e. The zero-order valence-electron chi connectivity index (χ0n) is 14.5. The van der Waals surface area contributed by atoms with Gasteiger partial charge in [-0.1, -0.05) is 19.1 Å². The number of sulfone groups is 1. The van der Waals surface area contributed by atoms with Gasteiger partial charge in [0.25, 0.3) is 0 Å². The molecule has 0 radical (unpaired) electrons. The molecule has 1 N–H and O–H groups in total. The first-order valence-corrected chi connectivity index (χ1v) is 11.0. The monoisotopic (exact) mass is 346 g/mol. The average molecular weight is 346 g/mol. The summed E-state index contributed by atoms with van der Waals surface area (Å²) in [4.78, 5) is 5.97. The molecule has 0 saturated carbocycles. The summed E-state index contributed by atoms with van der Waals surface area (Å²) in [5, 5.41) is 1.38. The van der Waals surface area contributed by atoms with E-state index >= 15 is 0 Å². The molecule has 1 fully saturated rings. The third kappa shape index (κ3) is 2.78. The lowest BCUT2D eigenvalue weighted by molar-refractivity contribution is 0.0920. The number of nitrogens with zero attached hydrogens (tertiary/aromatic N) is 1. The predicted octanol–water partition coefficient (Wildman–Crippen LogP) is 2.95. The van der Waals surface area contributed by atoms with Crippen LogP contribution in [0.1, 0.15) is 36.8 Å². The Morgan fingerprint density at radius 2 is 2.17 bits per heavy atom. The summed E-state index contributed by atoms with van der Waals surface area (Å²) in [5.74, 6) is 1.000. The molecular weight excluding hydrogens is 320 g/mol. The zero-order valence-corrected chi connectivity index (χ0v) is 15.3. The van der Waals surface area contributed by atoms with Crippen molar-refractivity contribution in [2.24, 2.45) is 5.92 Å². The van der Waals surface area contributed by atoms with E-state index in [0.717, 1.165) is 32.4 Å². The van der Waals surface area contributed by atoms with Crippen LogP contribution in [0.3, 0.4) is 0 Å². The lowest BCUT2D eigenvalue weighted by Gasteiger charge is -2.47. The minimum Gasteiger partial charge on any atom is -0.361 e. The molecule has 4 rings (SSSR count). The Kier molecular flexibility index (Phi) is 3.96. The Morgan fingerprint density at radius 3 is 2.92 bits per heavy atom. The van der Waals surface area contributed by atoms with Gasteiger partial charge in [0, 0.05) is 41.9 Å². The normalized spacial score (nSPS) is 27.3. The van der Waals surface area contributed by atoms with Gasteiger partial charge in [-0.15, -0.1) is 0 Å². The van der Waals surface area contributed by atoms with Crippen molar-refractivity contribution in [1.29, 1.82) is 0 Å². The van der Waals surface area contributed by atoms with Crippen molar-refractivity contribution >= 4 is 20.7 Å². The second-order valence-electron chi connectivity index (χ2n) is 7.65. The van der Waals surface area contributed by atoms with Crippen molar-refractivity contribution in [2.75, 3.05) is 25.1 Å². The van der Waals surface area contributed by atoms with Gasteiger partial charge in [0.2, 0.25) is 0 Å². The molecule has 0 bridgehead atoms. The van der Waals surface area contributed by atoms with Gasteiger partial charge >= 0.3 is 0 Å². The van der Waals surface area contributed by atoms with Gasteiger partial charge in [-0.25, -0.2) is 8.42 Å². The zero-order chi connectivity index (χ0) is 16.9. The number of hydrogen-bond donors (Lipinski definition) is 1. The van der Waals surface area contributed by atoms with Gasteiger partial charge in [-0.2, -0.15) is 0 Å². The number of benzene rings is 1. The molecule has 2 aromatic rings. The molecule has 1 aromatic carbocycles. The van der Waals surface area contributed by atoms with Crippen LogP contribution < -0.4 is 0 Å². The van der Waals surface area contributed by atoms with Crippen LogP contribution in [0.5, 0.6) is 0 Å². The number of aromatic nitrogens is 1. The molecular formula is C19H26N2O2S. The van der Waals surface area contributed by atoms with Gasteiger partial charge in [0.15, 0.2) is 0 Å². The number of fused-ring (bicyclic) bond motifs is 2. The fraction of sp³-hybridized carbons (Fsp3) is 0.579. The standard InChI is InChI=1S/C19H26N2O2S/c1-3-7-21-11-13(12-24(2,22)23)8-16-15-5-4-6-17-19(15)14(10-20-17)9-18(16)21/h4-6,10,13,16,18,20H,3,7-9,11-12H2,1-2H3. The molecule has 0 spiro atoms.